The highest BCUT2D eigenvalue weighted by Crippen LogP contribution is 2.22. The van der Waals surface area contributed by atoms with E-state index in [0.29, 0.717) is 24.3 Å². The van der Waals surface area contributed by atoms with Gasteiger partial charge in [0.25, 0.3) is 0 Å². The first-order valence-corrected chi connectivity index (χ1v) is 10.8. The van der Waals surface area contributed by atoms with Crippen LogP contribution < -0.4 is 5.48 Å². The maximum atomic E-state index is 12.6. The van der Waals surface area contributed by atoms with E-state index in [2.05, 4.69) is 5.48 Å². The molecule has 0 amide bonds. The van der Waals surface area contributed by atoms with Crippen molar-refractivity contribution in [3.8, 4) is 0 Å². The molecule has 144 valence electrons. The van der Waals surface area contributed by atoms with Gasteiger partial charge in [-0.2, -0.15) is 0 Å². The van der Waals surface area contributed by atoms with E-state index in [1.165, 1.54) is 0 Å². The van der Waals surface area contributed by atoms with Crippen LogP contribution in [0.4, 0.5) is 0 Å². The molecule has 1 N–H and O–H groups in total. The molecule has 0 spiro atoms. The van der Waals surface area contributed by atoms with E-state index in [-0.39, 0.29) is 11.1 Å². The molecule has 0 saturated carbocycles. The van der Waals surface area contributed by atoms with Crippen molar-refractivity contribution in [2.45, 2.75) is 13.0 Å². The van der Waals surface area contributed by atoms with Crippen molar-refractivity contribution >= 4 is 34.2 Å². The molecule has 3 rings (SSSR count). The summed E-state index contributed by atoms with van der Waals surface area (Å²) in [5.74, 6) is -0.380. The van der Waals surface area contributed by atoms with Gasteiger partial charge in [-0.15, -0.1) is 16.8 Å². The number of thioether (sulfide) groups is 1. The number of hydrogen-bond acceptors (Lipinski definition) is 6. The first-order valence-electron chi connectivity index (χ1n) is 8.94. The van der Waals surface area contributed by atoms with Crippen molar-refractivity contribution in [1.29, 1.82) is 0 Å². The van der Waals surface area contributed by atoms with Crippen molar-refractivity contribution in [3.63, 3.8) is 0 Å². The number of rotatable bonds is 9. The molecule has 28 heavy (non-hydrogen) atoms. The molecule has 0 fully saturated rings. The summed E-state index contributed by atoms with van der Waals surface area (Å²) >= 11 is 2.75. The van der Waals surface area contributed by atoms with E-state index in [1.54, 1.807) is 23.5 Å². The van der Waals surface area contributed by atoms with E-state index in [0.717, 1.165) is 22.2 Å². The Hall–Kier alpha value is -2.41. The molecule has 2 aromatic carbocycles. The largest absolute Gasteiger partial charge is 0.370 e. The van der Waals surface area contributed by atoms with Crippen molar-refractivity contribution < 1.29 is 14.4 Å². The fraction of sp³-hybridized carbons (Fsp3) is 0.182. The van der Waals surface area contributed by atoms with Crippen LogP contribution in [0.1, 0.15) is 20.8 Å². The highest BCUT2D eigenvalue weighted by atomic mass is 32.2. The number of hydrogen-bond donors (Lipinski definition) is 1. The number of carbonyl (C=O) groups is 2. The Morgan fingerprint density at radius 3 is 2.36 bits per heavy atom. The molecule has 1 aromatic heterocycles. The molecule has 1 atom stereocenters. The standard InChI is InChI=1S/C22H21NO3S2/c24-21(26-23-15-17-8-3-1-4-9-17)19(14-20-12-7-13-27-20)16-28-22(25)18-10-5-2-6-11-18/h1-13,19,23H,14-16H2. The van der Waals surface area contributed by atoms with Gasteiger partial charge in [0.1, 0.15) is 0 Å². The number of nitrogens with one attached hydrogen (secondary N) is 1. The van der Waals surface area contributed by atoms with Crippen molar-refractivity contribution in [1.82, 2.24) is 5.48 Å². The molecule has 0 bridgehead atoms. The summed E-state index contributed by atoms with van der Waals surface area (Å²) in [5, 5.41) is 1.94. The maximum absolute atomic E-state index is 12.6. The fourth-order valence-electron chi connectivity index (χ4n) is 2.59. The normalized spacial score (nSPS) is 11.7. The summed E-state index contributed by atoms with van der Waals surface area (Å²) in [4.78, 5) is 31.4. The first-order chi connectivity index (χ1) is 13.7. The fourth-order valence-corrected chi connectivity index (χ4v) is 4.28. The second kappa shape index (κ2) is 10.8. The molecule has 6 heteroatoms. The third-order valence-electron chi connectivity index (χ3n) is 4.08. The lowest BCUT2D eigenvalue weighted by atomic mass is 10.1. The lowest BCUT2D eigenvalue weighted by Gasteiger charge is -2.15. The lowest BCUT2D eigenvalue weighted by Crippen LogP contribution is -2.28. The average Bonchev–Trinajstić information content (AvgIpc) is 3.25. The highest BCUT2D eigenvalue weighted by Gasteiger charge is 2.23. The van der Waals surface area contributed by atoms with Gasteiger partial charge in [-0.25, -0.2) is 0 Å². The summed E-state index contributed by atoms with van der Waals surface area (Å²) in [6.07, 6.45) is 0.554. The Morgan fingerprint density at radius 2 is 1.68 bits per heavy atom. The molecule has 0 aliphatic rings. The third-order valence-corrected chi connectivity index (χ3v) is 6.04. The zero-order valence-electron chi connectivity index (χ0n) is 15.2. The molecule has 3 aromatic rings. The van der Waals surface area contributed by atoms with E-state index < -0.39 is 5.92 Å². The van der Waals surface area contributed by atoms with Crippen LogP contribution in [-0.4, -0.2) is 16.8 Å². The van der Waals surface area contributed by atoms with Gasteiger partial charge in [0.2, 0.25) is 5.12 Å². The van der Waals surface area contributed by atoms with Crippen LogP contribution in [0, 0.1) is 5.92 Å². The van der Waals surface area contributed by atoms with Gasteiger partial charge in [0.05, 0.1) is 12.5 Å². The minimum Gasteiger partial charge on any atom is -0.370 e. The van der Waals surface area contributed by atoms with Crippen molar-refractivity contribution in [3.05, 3.63) is 94.2 Å². The molecule has 1 heterocycles. The average molecular weight is 412 g/mol. The Bertz CT molecular complexity index is 867. The number of benzene rings is 2. The lowest BCUT2D eigenvalue weighted by molar-refractivity contribution is -0.155. The SMILES string of the molecule is O=C(SCC(Cc1cccs1)C(=O)ONCc1ccccc1)c1ccccc1. The van der Waals surface area contributed by atoms with Crippen LogP contribution in [0.5, 0.6) is 0 Å². The Balaban J connectivity index is 1.56. The monoisotopic (exact) mass is 411 g/mol. The first kappa shape index (κ1) is 20.3. The van der Waals surface area contributed by atoms with E-state index >= 15 is 0 Å². The van der Waals surface area contributed by atoms with Gasteiger partial charge in [0.15, 0.2) is 0 Å². The van der Waals surface area contributed by atoms with Gasteiger partial charge in [-0.3, -0.25) is 9.59 Å². The van der Waals surface area contributed by atoms with Crippen molar-refractivity contribution in [2.75, 3.05) is 5.75 Å². The van der Waals surface area contributed by atoms with Crippen LogP contribution >= 0.6 is 23.1 Å². The van der Waals surface area contributed by atoms with Gasteiger partial charge < -0.3 is 4.84 Å². The molecule has 4 nitrogen and oxygen atoms in total. The Labute approximate surface area is 172 Å². The molecular weight excluding hydrogens is 390 g/mol. The zero-order chi connectivity index (χ0) is 19.6. The van der Waals surface area contributed by atoms with Gasteiger partial charge >= 0.3 is 5.97 Å². The smallest absolute Gasteiger partial charge is 0.329 e. The number of carbonyl (C=O) groups excluding carboxylic acids is 2. The maximum Gasteiger partial charge on any atom is 0.329 e. The molecule has 0 aliphatic heterocycles. The zero-order valence-corrected chi connectivity index (χ0v) is 16.9. The van der Waals surface area contributed by atoms with Gasteiger partial charge in [-0.1, -0.05) is 78.5 Å². The van der Waals surface area contributed by atoms with Gasteiger partial charge in [0, 0.05) is 16.2 Å². The summed E-state index contributed by atoms with van der Waals surface area (Å²) in [6, 6.07) is 22.8. The molecular formula is C22H21NO3S2. The van der Waals surface area contributed by atoms with Gasteiger partial charge in [-0.05, 0) is 23.4 Å². The predicted molar refractivity (Wildman–Crippen MR) is 114 cm³/mol. The summed E-state index contributed by atoms with van der Waals surface area (Å²) in [6.45, 7) is 0.439. The van der Waals surface area contributed by atoms with E-state index in [1.807, 2.05) is 66.0 Å². The Kier molecular flexibility index (Phi) is 7.84. The quantitative estimate of drug-likeness (QED) is 0.516. The molecule has 0 aliphatic carbocycles. The number of hydroxylamine groups is 1. The predicted octanol–water partition coefficient (Wildman–Crippen LogP) is 4.73. The molecule has 0 radical (unpaired) electrons. The summed E-state index contributed by atoms with van der Waals surface area (Å²) in [5.41, 5.74) is 4.40. The van der Waals surface area contributed by atoms with E-state index in [4.69, 9.17) is 4.84 Å². The minimum absolute atomic E-state index is 0.0400. The summed E-state index contributed by atoms with van der Waals surface area (Å²) in [7, 11) is 0. The number of thiophene rings is 1. The Morgan fingerprint density at radius 1 is 0.964 bits per heavy atom. The van der Waals surface area contributed by atoms with Crippen LogP contribution in [0.15, 0.2) is 78.2 Å². The second-order valence-electron chi connectivity index (χ2n) is 6.17. The van der Waals surface area contributed by atoms with Crippen LogP contribution in [0.25, 0.3) is 0 Å². The minimum atomic E-state index is -0.403. The topological polar surface area (TPSA) is 55.4 Å². The van der Waals surface area contributed by atoms with Crippen LogP contribution in [-0.2, 0) is 22.6 Å². The molecule has 0 saturated heterocycles. The van der Waals surface area contributed by atoms with Crippen molar-refractivity contribution in [2.24, 2.45) is 5.92 Å². The second-order valence-corrected chi connectivity index (χ2v) is 8.20. The molecule has 1 unspecified atom stereocenters. The highest BCUT2D eigenvalue weighted by molar-refractivity contribution is 8.14. The van der Waals surface area contributed by atoms with Crippen LogP contribution in [0.2, 0.25) is 0 Å². The van der Waals surface area contributed by atoms with Crippen LogP contribution in [0.3, 0.4) is 0 Å². The third kappa shape index (κ3) is 6.34. The van der Waals surface area contributed by atoms with E-state index in [9.17, 15) is 9.59 Å². The summed E-state index contributed by atoms with van der Waals surface area (Å²) < 4.78 is 0.